The topological polar surface area (TPSA) is 54.9 Å². The normalized spacial score (nSPS) is 21.4. The molecule has 0 unspecified atom stereocenters. The molecule has 0 spiro atoms. The van der Waals surface area contributed by atoms with E-state index in [0.717, 1.165) is 11.8 Å². The predicted molar refractivity (Wildman–Crippen MR) is 75.5 cm³/mol. The second-order valence-corrected chi connectivity index (χ2v) is 5.58. The van der Waals surface area contributed by atoms with Crippen molar-refractivity contribution >= 4 is 45.7 Å². The Morgan fingerprint density at radius 3 is 2.84 bits per heavy atom. The summed E-state index contributed by atoms with van der Waals surface area (Å²) in [4.78, 5) is 20.0. The second-order valence-electron chi connectivity index (χ2n) is 4.84. The zero-order chi connectivity index (χ0) is 13.6. The van der Waals surface area contributed by atoms with Gasteiger partial charge in [-0.15, -0.1) is 0 Å². The molecule has 1 amide bonds. The van der Waals surface area contributed by atoms with Crippen LogP contribution in [-0.2, 0) is 4.79 Å². The highest BCUT2D eigenvalue weighted by Crippen LogP contribution is 2.38. The molecule has 0 radical (unpaired) electrons. The van der Waals surface area contributed by atoms with E-state index >= 15 is 0 Å². The van der Waals surface area contributed by atoms with Crippen molar-refractivity contribution < 1.29 is 4.79 Å². The van der Waals surface area contributed by atoms with Crippen LogP contribution in [0.5, 0.6) is 0 Å². The quantitative estimate of drug-likeness (QED) is 0.862. The summed E-state index contributed by atoms with van der Waals surface area (Å²) in [6.07, 6.45) is 2.54. The highest BCUT2D eigenvalue weighted by molar-refractivity contribution is 6.36. The van der Waals surface area contributed by atoms with Crippen LogP contribution in [0, 0.1) is 11.8 Å². The number of carbonyl (C=O) groups excluding carboxylic acids is 1. The van der Waals surface area contributed by atoms with Gasteiger partial charge in [0.15, 0.2) is 0 Å². The summed E-state index contributed by atoms with van der Waals surface area (Å²) in [6, 6.07) is 3.44. The number of carbonyl (C=O) groups is 1. The van der Waals surface area contributed by atoms with Gasteiger partial charge in [-0.05, 0) is 29.9 Å². The fraction of sp³-hybridized carbons (Fsp3) is 0.308. The van der Waals surface area contributed by atoms with Crippen LogP contribution in [0.1, 0.15) is 13.3 Å². The van der Waals surface area contributed by atoms with Crippen LogP contribution in [0.15, 0.2) is 18.3 Å². The first-order chi connectivity index (χ1) is 9.04. The van der Waals surface area contributed by atoms with E-state index in [-0.39, 0.29) is 11.8 Å². The zero-order valence-corrected chi connectivity index (χ0v) is 11.7. The third-order valence-corrected chi connectivity index (χ3v) is 3.82. The van der Waals surface area contributed by atoms with Crippen LogP contribution in [0.25, 0.3) is 10.8 Å². The summed E-state index contributed by atoms with van der Waals surface area (Å²) in [5.41, 5.74) is 0. The molecular formula is C13H11Cl2N3O. The molecule has 6 heteroatoms. The van der Waals surface area contributed by atoms with Gasteiger partial charge in [0, 0.05) is 17.5 Å². The van der Waals surface area contributed by atoms with Crippen molar-refractivity contribution in [2.45, 2.75) is 13.3 Å². The van der Waals surface area contributed by atoms with Crippen molar-refractivity contribution in [1.82, 2.24) is 9.97 Å². The van der Waals surface area contributed by atoms with E-state index in [2.05, 4.69) is 22.2 Å². The van der Waals surface area contributed by atoms with Crippen LogP contribution in [0.3, 0.4) is 0 Å². The van der Waals surface area contributed by atoms with Gasteiger partial charge in [0.25, 0.3) is 0 Å². The van der Waals surface area contributed by atoms with Gasteiger partial charge in [0.05, 0.1) is 0 Å². The third kappa shape index (κ3) is 2.51. The smallest absolute Gasteiger partial charge is 0.228 e. The van der Waals surface area contributed by atoms with Gasteiger partial charge in [-0.3, -0.25) is 4.79 Å². The Kier molecular flexibility index (Phi) is 3.07. The summed E-state index contributed by atoms with van der Waals surface area (Å²) < 4.78 is 0. The maximum Gasteiger partial charge on any atom is 0.228 e. The van der Waals surface area contributed by atoms with Crippen LogP contribution in [0.4, 0.5) is 5.82 Å². The standard InChI is InChI=1S/C13H11Cl2N3O/c1-6-2-8(6)13(19)18-11-4-7-3-10(14)17-12(15)9(7)5-16-11/h3-6,8H,2H2,1H3,(H,16,18,19)/t6-,8+/m0/s1. The van der Waals surface area contributed by atoms with E-state index < -0.39 is 0 Å². The summed E-state index contributed by atoms with van der Waals surface area (Å²) in [5, 5.41) is 4.95. The molecule has 98 valence electrons. The lowest BCUT2D eigenvalue weighted by atomic mass is 10.2. The van der Waals surface area contributed by atoms with Gasteiger partial charge in [-0.25, -0.2) is 9.97 Å². The molecule has 2 heterocycles. The van der Waals surface area contributed by atoms with Crippen LogP contribution < -0.4 is 5.32 Å². The van der Waals surface area contributed by atoms with Crippen molar-refractivity contribution in [2.24, 2.45) is 11.8 Å². The molecule has 1 fully saturated rings. The molecule has 1 N–H and O–H groups in total. The van der Waals surface area contributed by atoms with E-state index in [1.54, 1.807) is 18.3 Å². The number of hydrogen-bond donors (Lipinski definition) is 1. The van der Waals surface area contributed by atoms with Crippen LogP contribution in [0.2, 0.25) is 10.3 Å². The Labute approximate surface area is 120 Å². The van der Waals surface area contributed by atoms with Gasteiger partial charge < -0.3 is 5.32 Å². The summed E-state index contributed by atoms with van der Waals surface area (Å²) >= 11 is 11.8. The van der Waals surface area contributed by atoms with E-state index in [9.17, 15) is 4.79 Å². The fourth-order valence-corrected chi connectivity index (χ4v) is 2.55. The van der Waals surface area contributed by atoms with E-state index in [1.165, 1.54) is 0 Å². The maximum absolute atomic E-state index is 11.8. The molecule has 0 saturated heterocycles. The first-order valence-corrected chi connectivity index (χ1v) is 6.73. The van der Waals surface area contributed by atoms with Crippen molar-refractivity contribution in [2.75, 3.05) is 5.32 Å². The summed E-state index contributed by atoms with van der Waals surface area (Å²) in [5.74, 6) is 1.11. The molecule has 1 aliphatic carbocycles. The average molecular weight is 296 g/mol. The first-order valence-electron chi connectivity index (χ1n) is 5.97. The van der Waals surface area contributed by atoms with Crippen LogP contribution in [-0.4, -0.2) is 15.9 Å². The number of rotatable bonds is 2. The van der Waals surface area contributed by atoms with Gasteiger partial charge in [0.1, 0.15) is 16.1 Å². The predicted octanol–water partition coefficient (Wildman–Crippen LogP) is 3.53. The van der Waals surface area contributed by atoms with E-state index in [0.29, 0.717) is 27.4 Å². The van der Waals surface area contributed by atoms with Gasteiger partial charge in [-0.1, -0.05) is 30.1 Å². The number of aromatic nitrogens is 2. The van der Waals surface area contributed by atoms with E-state index in [4.69, 9.17) is 23.2 Å². The fourth-order valence-electron chi connectivity index (χ4n) is 2.05. The Balaban J connectivity index is 1.91. The molecule has 1 saturated carbocycles. The number of amides is 1. The number of nitrogens with one attached hydrogen (secondary N) is 1. The number of anilines is 1. The zero-order valence-electron chi connectivity index (χ0n) is 10.2. The Morgan fingerprint density at radius 1 is 1.42 bits per heavy atom. The lowest BCUT2D eigenvalue weighted by molar-refractivity contribution is -0.117. The number of halogens is 2. The highest BCUT2D eigenvalue weighted by Gasteiger charge is 2.39. The maximum atomic E-state index is 11.8. The molecule has 2 atom stereocenters. The van der Waals surface area contributed by atoms with Gasteiger partial charge in [-0.2, -0.15) is 0 Å². The summed E-state index contributed by atoms with van der Waals surface area (Å²) in [6.45, 7) is 2.06. The highest BCUT2D eigenvalue weighted by atomic mass is 35.5. The molecule has 0 bridgehead atoms. The van der Waals surface area contributed by atoms with Crippen LogP contribution >= 0.6 is 23.2 Å². The lowest BCUT2D eigenvalue weighted by Crippen LogP contribution is -2.15. The summed E-state index contributed by atoms with van der Waals surface area (Å²) in [7, 11) is 0. The molecule has 2 aromatic heterocycles. The molecule has 0 aliphatic heterocycles. The number of pyridine rings is 2. The lowest BCUT2D eigenvalue weighted by Gasteiger charge is -2.06. The SMILES string of the molecule is C[C@H]1C[C@H]1C(=O)Nc1cc2cc(Cl)nc(Cl)c2cn1. The molecule has 3 rings (SSSR count). The molecule has 0 aromatic carbocycles. The minimum Gasteiger partial charge on any atom is -0.310 e. The first kappa shape index (κ1) is 12.6. The minimum absolute atomic E-state index is 0.0191. The Hall–Kier alpha value is -1.39. The Bertz CT molecular complexity index is 674. The number of nitrogens with zero attached hydrogens (tertiary/aromatic N) is 2. The molecular weight excluding hydrogens is 285 g/mol. The minimum atomic E-state index is 0.0191. The van der Waals surface area contributed by atoms with Crippen molar-refractivity contribution in [3.8, 4) is 0 Å². The molecule has 2 aromatic rings. The third-order valence-electron chi connectivity index (χ3n) is 3.34. The monoisotopic (exact) mass is 295 g/mol. The molecule has 4 nitrogen and oxygen atoms in total. The van der Waals surface area contributed by atoms with E-state index in [1.807, 2.05) is 0 Å². The van der Waals surface area contributed by atoms with Gasteiger partial charge >= 0.3 is 0 Å². The Morgan fingerprint density at radius 2 is 2.16 bits per heavy atom. The van der Waals surface area contributed by atoms with Crippen molar-refractivity contribution in [3.05, 3.63) is 28.6 Å². The molecule has 19 heavy (non-hydrogen) atoms. The number of hydrogen-bond acceptors (Lipinski definition) is 3. The molecule has 1 aliphatic rings. The number of fused-ring (bicyclic) bond motifs is 1. The van der Waals surface area contributed by atoms with Crippen molar-refractivity contribution in [3.63, 3.8) is 0 Å². The van der Waals surface area contributed by atoms with Gasteiger partial charge in [0.2, 0.25) is 5.91 Å². The largest absolute Gasteiger partial charge is 0.310 e. The van der Waals surface area contributed by atoms with Crippen molar-refractivity contribution in [1.29, 1.82) is 0 Å². The second kappa shape index (κ2) is 4.62. The average Bonchev–Trinajstić information content (AvgIpc) is 3.05.